The molecule has 1 aromatic rings. The average molecular weight is 272 g/mol. The lowest BCUT2D eigenvalue weighted by Crippen LogP contribution is -2.42. The Hall–Kier alpha value is -2.10. The van der Waals surface area contributed by atoms with Gasteiger partial charge in [-0.05, 0) is 33.3 Å². The van der Waals surface area contributed by atoms with E-state index in [0.29, 0.717) is 12.2 Å². The minimum absolute atomic E-state index is 0.293. The molecule has 1 atom stereocenters. The van der Waals surface area contributed by atoms with E-state index in [1.807, 2.05) is 58.0 Å². The van der Waals surface area contributed by atoms with Crippen LogP contribution >= 0.6 is 0 Å². The summed E-state index contributed by atoms with van der Waals surface area (Å²) in [5, 5.41) is 4.33. The molecule has 0 amide bonds. The van der Waals surface area contributed by atoms with E-state index in [2.05, 4.69) is 10.5 Å². The Morgan fingerprint density at radius 2 is 1.95 bits per heavy atom. The molecule has 0 aromatic heterocycles. The van der Waals surface area contributed by atoms with E-state index in [-0.39, 0.29) is 5.97 Å². The van der Waals surface area contributed by atoms with Crippen molar-refractivity contribution in [2.75, 3.05) is 6.61 Å². The van der Waals surface area contributed by atoms with Gasteiger partial charge in [0, 0.05) is 5.70 Å². The van der Waals surface area contributed by atoms with E-state index < -0.39 is 5.41 Å². The molecule has 1 aliphatic heterocycles. The third-order valence-corrected chi connectivity index (χ3v) is 3.82. The molecule has 4 nitrogen and oxygen atoms in total. The van der Waals surface area contributed by atoms with Crippen LogP contribution in [-0.2, 0) is 14.9 Å². The number of hydrogen-bond donors (Lipinski definition) is 1. The summed E-state index contributed by atoms with van der Waals surface area (Å²) in [6, 6.07) is 9.91. The van der Waals surface area contributed by atoms with E-state index in [9.17, 15) is 4.79 Å². The first-order valence-electron chi connectivity index (χ1n) is 6.76. The molecule has 1 N–H and O–H groups in total. The molecule has 0 aliphatic carbocycles. The van der Waals surface area contributed by atoms with Crippen LogP contribution in [0.5, 0.6) is 0 Å². The van der Waals surface area contributed by atoms with Gasteiger partial charge >= 0.3 is 5.97 Å². The van der Waals surface area contributed by atoms with Crippen LogP contribution in [0.15, 0.2) is 46.7 Å². The van der Waals surface area contributed by atoms with Gasteiger partial charge in [-0.25, -0.2) is 4.79 Å². The van der Waals surface area contributed by atoms with Crippen molar-refractivity contribution in [2.45, 2.75) is 33.1 Å². The highest BCUT2D eigenvalue weighted by atomic mass is 16.5. The van der Waals surface area contributed by atoms with Gasteiger partial charge in [-0.15, -0.1) is 0 Å². The van der Waals surface area contributed by atoms with E-state index in [1.165, 1.54) is 0 Å². The second kappa shape index (κ2) is 5.49. The van der Waals surface area contributed by atoms with Crippen molar-refractivity contribution in [1.29, 1.82) is 0 Å². The Morgan fingerprint density at radius 1 is 1.30 bits per heavy atom. The Bertz CT molecular complexity index is 575. The number of hydrogen-bond acceptors (Lipinski definition) is 4. The number of esters is 1. The Morgan fingerprint density at radius 3 is 2.55 bits per heavy atom. The van der Waals surface area contributed by atoms with E-state index in [0.717, 1.165) is 17.0 Å². The van der Waals surface area contributed by atoms with Gasteiger partial charge in [0.15, 0.2) is 0 Å². The monoisotopic (exact) mass is 272 g/mol. The van der Waals surface area contributed by atoms with Crippen molar-refractivity contribution in [3.05, 3.63) is 47.2 Å². The number of nitrogens with one attached hydrogen (secondary N) is 1. The zero-order chi connectivity index (χ0) is 14.8. The summed E-state index contributed by atoms with van der Waals surface area (Å²) in [5.41, 5.74) is 5.58. The fraction of sp³-hybridized carbons (Fsp3) is 0.375. The molecular weight excluding hydrogens is 252 g/mol. The largest absolute Gasteiger partial charge is 0.463 e. The second-order valence-corrected chi connectivity index (χ2v) is 5.02. The van der Waals surface area contributed by atoms with Gasteiger partial charge in [0.1, 0.15) is 0 Å². The first kappa shape index (κ1) is 14.3. The van der Waals surface area contributed by atoms with Gasteiger partial charge in [-0.2, -0.15) is 5.10 Å². The molecule has 1 unspecified atom stereocenters. The summed E-state index contributed by atoms with van der Waals surface area (Å²) in [5.74, 6) is -0.293. The number of carbonyl (C=O) groups is 1. The maximum Gasteiger partial charge on any atom is 0.337 e. The third kappa shape index (κ3) is 2.22. The van der Waals surface area contributed by atoms with Crippen LogP contribution in [-0.4, -0.2) is 18.3 Å². The molecule has 0 fully saturated rings. The molecule has 1 aromatic carbocycles. The topological polar surface area (TPSA) is 50.7 Å². The molecule has 0 saturated carbocycles. The van der Waals surface area contributed by atoms with Crippen molar-refractivity contribution in [2.24, 2.45) is 5.10 Å². The summed E-state index contributed by atoms with van der Waals surface area (Å²) in [6.45, 7) is 7.95. The minimum Gasteiger partial charge on any atom is -0.463 e. The number of allylic oxidation sites excluding steroid dienone is 1. The van der Waals surface area contributed by atoms with Gasteiger partial charge < -0.3 is 4.74 Å². The predicted molar refractivity (Wildman–Crippen MR) is 79.4 cm³/mol. The molecule has 1 heterocycles. The van der Waals surface area contributed by atoms with E-state index in [4.69, 9.17) is 4.74 Å². The van der Waals surface area contributed by atoms with E-state index in [1.54, 1.807) is 0 Å². The van der Waals surface area contributed by atoms with Crippen LogP contribution in [0.4, 0.5) is 0 Å². The number of nitrogens with zero attached hydrogens (tertiary/aromatic N) is 1. The highest BCUT2D eigenvalue weighted by Crippen LogP contribution is 2.37. The lowest BCUT2D eigenvalue weighted by molar-refractivity contribution is -0.139. The molecule has 4 heteroatoms. The van der Waals surface area contributed by atoms with Crippen LogP contribution in [0.2, 0.25) is 0 Å². The first-order chi connectivity index (χ1) is 9.51. The molecular formula is C16H20N2O2. The van der Waals surface area contributed by atoms with Crippen LogP contribution in [0, 0.1) is 0 Å². The highest BCUT2D eigenvalue weighted by Gasteiger charge is 2.42. The van der Waals surface area contributed by atoms with Gasteiger partial charge in [0.25, 0.3) is 0 Å². The quantitative estimate of drug-likeness (QED) is 0.861. The zero-order valence-electron chi connectivity index (χ0n) is 12.4. The first-order valence-corrected chi connectivity index (χ1v) is 6.76. The maximum absolute atomic E-state index is 12.4. The standard InChI is InChI=1S/C16H20N2O2/c1-5-20-15(19)14-11(2)17-18-12(3)16(14,4)13-9-7-6-8-10-13/h6-10,17H,5H2,1-4H3. The maximum atomic E-state index is 12.4. The molecule has 0 spiro atoms. The highest BCUT2D eigenvalue weighted by molar-refractivity contribution is 6.07. The lowest BCUT2D eigenvalue weighted by Gasteiger charge is -2.35. The Balaban J connectivity index is 2.59. The molecule has 106 valence electrons. The Kier molecular flexibility index (Phi) is 3.93. The van der Waals surface area contributed by atoms with Crippen LogP contribution in [0.3, 0.4) is 0 Å². The van der Waals surface area contributed by atoms with Gasteiger partial charge in [-0.1, -0.05) is 30.3 Å². The predicted octanol–water partition coefficient (Wildman–Crippen LogP) is 2.76. The summed E-state index contributed by atoms with van der Waals surface area (Å²) in [6.07, 6.45) is 0. The second-order valence-electron chi connectivity index (χ2n) is 5.02. The Labute approximate surface area is 119 Å². The number of ether oxygens (including phenoxy) is 1. The molecule has 1 aliphatic rings. The van der Waals surface area contributed by atoms with Crippen LogP contribution in [0.25, 0.3) is 0 Å². The summed E-state index contributed by atoms with van der Waals surface area (Å²) in [7, 11) is 0. The van der Waals surface area contributed by atoms with Crippen LogP contribution < -0.4 is 5.43 Å². The summed E-state index contributed by atoms with van der Waals surface area (Å²) >= 11 is 0. The summed E-state index contributed by atoms with van der Waals surface area (Å²) in [4.78, 5) is 12.4. The third-order valence-electron chi connectivity index (χ3n) is 3.82. The summed E-state index contributed by atoms with van der Waals surface area (Å²) < 4.78 is 5.23. The van der Waals surface area contributed by atoms with Crippen LogP contribution in [0.1, 0.15) is 33.3 Å². The molecule has 0 radical (unpaired) electrons. The van der Waals surface area contributed by atoms with Crippen molar-refractivity contribution in [3.63, 3.8) is 0 Å². The number of benzene rings is 1. The van der Waals surface area contributed by atoms with Gasteiger partial charge in [0.2, 0.25) is 0 Å². The number of rotatable bonds is 3. The smallest absolute Gasteiger partial charge is 0.337 e. The fourth-order valence-corrected chi connectivity index (χ4v) is 2.58. The normalized spacial score (nSPS) is 22.1. The zero-order valence-corrected chi connectivity index (χ0v) is 12.4. The molecule has 20 heavy (non-hydrogen) atoms. The lowest BCUT2D eigenvalue weighted by atomic mass is 9.71. The molecule has 0 saturated heterocycles. The van der Waals surface area contributed by atoms with Crippen molar-refractivity contribution in [3.8, 4) is 0 Å². The molecule has 0 bridgehead atoms. The molecule has 2 rings (SSSR count). The van der Waals surface area contributed by atoms with Crippen molar-refractivity contribution < 1.29 is 9.53 Å². The van der Waals surface area contributed by atoms with E-state index >= 15 is 0 Å². The average Bonchev–Trinajstić information content (AvgIpc) is 2.44. The van der Waals surface area contributed by atoms with Crippen molar-refractivity contribution >= 4 is 11.7 Å². The number of hydrazone groups is 1. The SMILES string of the molecule is CCOC(=O)C1=C(C)NN=C(C)C1(C)c1ccccc1. The minimum atomic E-state index is -0.567. The van der Waals surface area contributed by atoms with Gasteiger partial charge in [-0.3, -0.25) is 5.43 Å². The number of carbonyl (C=O) groups excluding carboxylic acids is 1. The fourth-order valence-electron chi connectivity index (χ4n) is 2.58. The van der Waals surface area contributed by atoms with Crippen molar-refractivity contribution in [1.82, 2.24) is 5.43 Å². The van der Waals surface area contributed by atoms with Gasteiger partial charge in [0.05, 0.1) is 23.3 Å².